The maximum atomic E-state index is 12.3. The molecule has 1 aromatic carbocycles. The lowest BCUT2D eigenvalue weighted by Gasteiger charge is -2.23. The summed E-state index contributed by atoms with van der Waals surface area (Å²) >= 11 is 0. The third-order valence-corrected chi connectivity index (χ3v) is 5.02. The van der Waals surface area contributed by atoms with Crippen LogP contribution in [0.2, 0.25) is 0 Å². The fourth-order valence-electron chi connectivity index (χ4n) is 3.66. The minimum absolute atomic E-state index is 0.0673. The molecule has 7 heteroatoms. The molecule has 2 aliphatic heterocycles. The van der Waals surface area contributed by atoms with Gasteiger partial charge in [-0.15, -0.1) is 0 Å². The fourth-order valence-corrected chi connectivity index (χ4v) is 3.66. The van der Waals surface area contributed by atoms with Crippen molar-refractivity contribution < 1.29 is 14.3 Å². The average molecular weight is 342 g/mol. The van der Waals surface area contributed by atoms with Crippen molar-refractivity contribution in [1.82, 2.24) is 19.4 Å². The second-order valence-electron chi connectivity index (χ2n) is 6.58. The van der Waals surface area contributed by atoms with Gasteiger partial charge in [-0.25, -0.2) is 9.78 Å². The van der Waals surface area contributed by atoms with Gasteiger partial charge in [0.1, 0.15) is 17.7 Å². The fraction of sp³-hybridized carbons (Fsp3) is 0.444. The molecule has 2 saturated heterocycles. The van der Waals surface area contributed by atoms with Crippen molar-refractivity contribution in [3.8, 4) is 5.75 Å². The number of aryl methyl sites for hydroxylation is 1. The highest BCUT2D eigenvalue weighted by Crippen LogP contribution is 2.30. The van der Waals surface area contributed by atoms with Gasteiger partial charge in [0.15, 0.2) is 0 Å². The summed E-state index contributed by atoms with van der Waals surface area (Å²) in [7, 11) is 3.64. The second kappa shape index (κ2) is 6.40. The van der Waals surface area contributed by atoms with E-state index in [4.69, 9.17) is 9.47 Å². The normalized spacial score (nSPS) is 23.0. The minimum Gasteiger partial charge on any atom is -0.496 e. The molecule has 132 valence electrons. The van der Waals surface area contributed by atoms with Gasteiger partial charge in [-0.05, 0) is 6.07 Å². The van der Waals surface area contributed by atoms with Crippen LogP contribution in [0.5, 0.6) is 5.75 Å². The molecule has 1 aromatic heterocycles. The summed E-state index contributed by atoms with van der Waals surface area (Å²) in [6.45, 7) is 2.79. The minimum atomic E-state index is -0.238. The molecule has 0 unspecified atom stereocenters. The zero-order valence-corrected chi connectivity index (χ0v) is 14.5. The lowest BCUT2D eigenvalue weighted by Crippen LogP contribution is -2.37. The number of hydrogen-bond donors (Lipinski definition) is 0. The molecule has 2 fully saturated rings. The number of fused-ring (bicyclic) bond motifs is 1. The quantitative estimate of drug-likeness (QED) is 0.827. The molecule has 2 atom stereocenters. The van der Waals surface area contributed by atoms with Crippen molar-refractivity contribution in [2.45, 2.75) is 25.2 Å². The number of methoxy groups -OCH3 is 1. The van der Waals surface area contributed by atoms with Crippen LogP contribution in [0, 0.1) is 0 Å². The number of rotatable bonds is 5. The molecule has 0 spiro atoms. The summed E-state index contributed by atoms with van der Waals surface area (Å²) < 4.78 is 13.0. The molecule has 4 rings (SSSR count). The van der Waals surface area contributed by atoms with Gasteiger partial charge in [0.25, 0.3) is 0 Å². The molecule has 2 aliphatic rings. The number of imidazole rings is 1. The molecule has 2 aromatic rings. The number of nitrogens with zero attached hydrogens (tertiary/aromatic N) is 4. The van der Waals surface area contributed by atoms with Crippen LogP contribution in [0.15, 0.2) is 36.7 Å². The van der Waals surface area contributed by atoms with Gasteiger partial charge >= 0.3 is 6.09 Å². The third-order valence-electron chi connectivity index (χ3n) is 5.02. The van der Waals surface area contributed by atoms with E-state index < -0.39 is 0 Å². The number of amides is 1. The van der Waals surface area contributed by atoms with Crippen molar-refractivity contribution in [3.05, 3.63) is 48.0 Å². The summed E-state index contributed by atoms with van der Waals surface area (Å²) in [5.74, 6) is 1.81. The van der Waals surface area contributed by atoms with Gasteiger partial charge in [-0.2, -0.15) is 0 Å². The summed E-state index contributed by atoms with van der Waals surface area (Å²) in [4.78, 5) is 20.8. The van der Waals surface area contributed by atoms with Crippen LogP contribution >= 0.6 is 0 Å². The standard InChI is InChI=1S/C18H22N4O3/c1-20-8-7-19-17(20)12-21-10-14-16(11-21)25-18(23)22(14)9-13-5-3-4-6-15(13)24-2/h3-8,14,16H,9-12H2,1-2H3/t14-,16+/m0/s1. The van der Waals surface area contributed by atoms with E-state index in [0.717, 1.165) is 36.8 Å². The van der Waals surface area contributed by atoms with Gasteiger partial charge in [-0.3, -0.25) is 9.80 Å². The smallest absolute Gasteiger partial charge is 0.410 e. The Bertz CT molecular complexity index is 775. The molecule has 3 heterocycles. The van der Waals surface area contributed by atoms with E-state index in [1.165, 1.54) is 0 Å². The van der Waals surface area contributed by atoms with E-state index >= 15 is 0 Å². The molecule has 7 nitrogen and oxygen atoms in total. The topological polar surface area (TPSA) is 59.8 Å². The first-order valence-electron chi connectivity index (χ1n) is 8.43. The molecule has 0 bridgehead atoms. The zero-order chi connectivity index (χ0) is 17.4. The first-order valence-corrected chi connectivity index (χ1v) is 8.43. The molecular weight excluding hydrogens is 320 g/mol. The van der Waals surface area contributed by atoms with Crippen molar-refractivity contribution in [1.29, 1.82) is 0 Å². The number of carbonyl (C=O) groups excluding carboxylic acids is 1. The lowest BCUT2D eigenvalue weighted by atomic mass is 10.1. The maximum absolute atomic E-state index is 12.3. The average Bonchev–Trinajstić information content (AvgIpc) is 3.26. The Hall–Kier alpha value is -2.54. The van der Waals surface area contributed by atoms with Crippen LogP contribution < -0.4 is 4.74 Å². The SMILES string of the molecule is COc1ccccc1CN1C(=O)O[C@@H]2CN(Cc3nccn3C)C[C@@H]21. The van der Waals surface area contributed by atoms with Crippen LogP contribution in [0.25, 0.3) is 0 Å². The van der Waals surface area contributed by atoms with Crippen molar-refractivity contribution in [2.75, 3.05) is 20.2 Å². The molecule has 1 amide bonds. The lowest BCUT2D eigenvalue weighted by molar-refractivity contribution is 0.118. The number of carbonyl (C=O) groups is 1. The number of aromatic nitrogens is 2. The summed E-state index contributed by atoms with van der Waals surface area (Å²) in [5.41, 5.74) is 0.991. The van der Waals surface area contributed by atoms with Gasteiger partial charge < -0.3 is 14.0 Å². The predicted octanol–water partition coefficient (Wildman–Crippen LogP) is 1.63. The molecule has 0 radical (unpaired) electrons. The van der Waals surface area contributed by atoms with Crippen LogP contribution in [-0.4, -0.2) is 57.8 Å². The highest BCUT2D eigenvalue weighted by molar-refractivity contribution is 5.71. The van der Waals surface area contributed by atoms with Gasteiger partial charge in [0.05, 0.1) is 26.2 Å². The Kier molecular flexibility index (Phi) is 4.09. The number of hydrogen-bond acceptors (Lipinski definition) is 5. The Morgan fingerprint density at radius 3 is 2.88 bits per heavy atom. The van der Waals surface area contributed by atoms with Gasteiger partial charge in [-0.1, -0.05) is 18.2 Å². The number of ether oxygens (including phenoxy) is 2. The molecule has 0 N–H and O–H groups in total. The van der Waals surface area contributed by atoms with E-state index in [2.05, 4.69) is 9.88 Å². The van der Waals surface area contributed by atoms with E-state index in [9.17, 15) is 4.79 Å². The van der Waals surface area contributed by atoms with Gasteiger partial charge in [0, 0.05) is 38.1 Å². The Balaban J connectivity index is 1.47. The number of para-hydroxylation sites is 1. The Labute approximate surface area is 146 Å². The molecule has 0 aliphatic carbocycles. The highest BCUT2D eigenvalue weighted by Gasteiger charge is 2.47. The summed E-state index contributed by atoms with van der Waals surface area (Å²) in [6.07, 6.45) is 3.43. The largest absolute Gasteiger partial charge is 0.496 e. The van der Waals surface area contributed by atoms with E-state index in [1.807, 2.05) is 47.0 Å². The first kappa shape index (κ1) is 16.0. The van der Waals surface area contributed by atoms with Crippen LogP contribution in [0.3, 0.4) is 0 Å². The van der Waals surface area contributed by atoms with Crippen LogP contribution in [-0.2, 0) is 24.9 Å². The van der Waals surface area contributed by atoms with E-state index in [0.29, 0.717) is 6.54 Å². The Morgan fingerprint density at radius 2 is 2.12 bits per heavy atom. The monoisotopic (exact) mass is 342 g/mol. The number of likely N-dealkylation sites (tertiary alicyclic amines) is 1. The zero-order valence-electron chi connectivity index (χ0n) is 14.5. The van der Waals surface area contributed by atoms with E-state index in [1.54, 1.807) is 13.3 Å². The van der Waals surface area contributed by atoms with Crippen LogP contribution in [0.4, 0.5) is 4.79 Å². The number of benzene rings is 1. The van der Waals surface area contributed by atoms with Crippen molar-refractivity contribution in [2.24, 2.45) is 7.05 Å². The second-order valence-corrected chi connectivity index (χ2v) is 6.58. The maximum Gasteiger partial charge on any atom is 0.410 e. The van der Waals surface area contributed by atoms with Crippen molar-refractivity contribution >= 4 is 6.09 Å². The van der Waals surface area contributed by atoms with Gasteiger partial charge in [0.2, 0.25) is 0 Å². The predicted molar refractivity (Wildman–Crippen MR) is 91.1 cm³/mol. The van der Waals surface area contributed by atoms with Crippen molar-refractivity contribution in [3.63, 3.8) is 0 Å². The first-order chi connectivity index (χ1) is 12.2. The molecule has 25 heavy (non-hydrogen) atoms. The summed E-state index contributed by atoms with van der Waals surface area (Å²) in [5, 5.41) is 0. The highest BCUT2D eigenvalue weighted by atomic mass is 16.6. The third kappa shape index (κ3) is 2.95. The van der Waals surface area contributed by atoms with E-state index in [-0.39, 0.29) is 18.2 Å². The molecular formula is C18H22N4O3. The van der Waals surface area contributed by atoms with Crippen LogP contribution in [0.1, 0.15) is 11.4 Å². The summed E-state index contributed by atoms with van der Waals surface area (Å²) in [6, 6.07) is 7.85. The Morgan fingerprint density at radius 1 is 1.28 bits per heavy atom. The molecule has 0 saturated carbocycles.